The van der Waals surface area contributed by atoms with Crippen molar-refractivity contribution in [3.05, 3.63) is 47.2 Å². The quantitative estimate of drug-likeness (QED) is 0.818. The molecule has 10 heteroatoms. The average Bonchev–Trinajstić information content (AvgIpc) is 2.83. The normalized spacial score (nSPS) is 22.4. The van der Waals surface area contributed by atoms with Crippen LogP contribution >= 0.6 is 11.6 Å². The Labute approximate surface area is 143 Å². The molecule has 2 aromatic heterocycles. The third-order valence-corrected chi connectivity index (χ3v) is 5.28. The van der Waals surface area contributed by atoms with Gasteiger partial charge in [-0.1, -0.05) is 11.6 Å². The highest BCUT2D eigenvalue weighted by molar-refractivity contribution is 7.91. The maximum atomic E-state index is 12.8. The van der Waals surface area contributed by atoms with E-state index in [1.807, 2.05) is 0 Å². The molecule has 0 aliphatic carbocycles. The Hall–Kier alpha value is -1.71. The molecule has 128 valence electrons. The molecule has 0 aromatic carbocycles. The fraction of sp³-hybridized carbons (Fsp3) is 0.286. The Morgan fingerprint density at radius 1 is 1.42 bits per heavy atom. The summed E-state index contributed by atoms with van der Waals surface area (Å²) in [6.07, 6.45) is 2.65. The Bertz CT molecular complexity index is 862. The van der Waals surface area contributed by atoms with Crippen LogP contribution in [0.1, 0.15) is 11.5 Å². The van der Waals surface area contributed by atoms with Gasteiger partial charge in [-0.3, -0.25) is 0 Å². The zero-order valence-corrected chi connectivity index (χ0v) is 14.1. The number of nitrogens with zero attached hydrogens (tertiary/aromatic N) is 3. The molecule has 2 atom stereocenters. The van der Waals surface area contributed by atoms with Crippen molar-refractivity contribution in [2.45, 2.75) is 11.0 Å². The highest BCUT2D eigenvalue weighted by Crippen LogP contribution is 2.35. The average molecular weight is 377 g/mol. The number of alkyl halides is 3. The zero-order chi connectivity index (χ0) is 17.7. The number of hydrogen-bond donors (Lipinski definition) is 1. The molecule has 1 aliphatic rings. The largest absolute Gasteiger partial charge is 0.614 e. The molecule has 24 heavy (non-hydrogen) atoms. The van der Waals surface area contributed by atoms with E-state index in [2.05, 4.69) is 15.3 Å². The number of nitrogens with one attached hydrogen (secondary N) is 1. The van der Waals surface area contributed by atoms with Crippen LogP contribution in [0.5, 0.6) is 0 Å². The number of aryl methyl sites for hydroxylation is 1. The Morgan fingerprint density at radius 3 is 2.71 bits per heavy atom. The van der Waals surface area contributed by atoms with Crippen LogP contribution in [0, 0.1) is 0 Å². The molecular formula is C14H12ClF3N4OS. The van der Waals surface area contributed by atoms with E-state index >= 15 is 0 Å². The van der Waals surface area contributed by atoms with Gasteiger partial charge in [0.15, 0.2) is 5.82 Å². The smallest absolute Gasteiger partial charge is 0.433 e. The molecule has 0 bridgehead atoms. The number of fused-ring (bicyclic) bond motifs is 1. The molecule has 3 heterocycles. The van der Waals surface area contributed by atoms with Gasteiger partial charge < -0.3 is 14.4 Å². The lowest BCUT2D eigenvalue weighted by Crippen LogP contribution is -2.47. The van der Waals surface area contributed by atoms with Gasteiger partial charge in [0.2, 0.25) is 0 Å². The lowest BCUT2D eigenvalue weighted by atomic mass is 10.2. The van der Waals surface area contributed by atoms with Gasteiger partial charge >= 0.3 is 6.18 Å². The second-order valence-electron chi connectivity index (χ2n) is 5.25. The topological polar surface area (TPSA) is 65.8 Å². The first-order chi connectivity index (χ1) is 11.1. The summed E-state index contributed by atoms with van der Waals surface area (Å²) >= 11 is 4.54. The number of dihydropyridines is 1. The fourth-order valence-electron chi connectivity index (χ4n) is 2.53. The van der Waals surface area contributed by atoms with Crippen molar-refractivity contribution in [3.8, 4) is 0 Å². The van der Waals surface area contributed by atoms with Crippen LogP contribution in [0.25, 0.3) is 11.0 Å². The number of halogens is 4. The van der Waals surface area contributed by atoms with Gasteiger partial charge in [0.1, 0.15) is 5.69 Å². The molecule has 1 N–H and O–H groups in total. The van der Waals surface area contributed by atoms with E-state index in [4.69, 9.17) is 11.6 Å². The Kier molecular flexibility index (Phi) is 4.05. The number of imidazole rings is 1. The summed E-state index contributed by atoms with van der Waals surface area (Å²) in [5.74, 6) is 0.280. The Balaban J connectivity index is 2.22. The van der Waals surface area contributed by atoms with Crippen LogP contribution in [-0.2, 0) is 29.3 Å². The predicted molar refractivity (Wildman–Crippen MR) is 85.5 cm³/mol. The predicted octanol–water partition coefficient (Wildman–Crippen LogP) is 2.76. The van der Waals surface area contributed by atoms with Gasteiger partial charge in [-0.05, 0) is 23.3 Å². The van der Waals surface area contributed by atoms with Crippen molar-refractivity contribution in [2.24, 2.45) is 7.05 Å². The van der Waals surface area contributed by atoms with E-state index in [0.717, 1.165) is 12.3 Å². The van der Waals surface area contributed by atoms with Crippen molar-refractivity contribution in [1.82, 2.24) is 19.9 Å². The van der Waals surface area contributed by atoms with Crippen molar-refractivity contribution < 1.29 is 17.7 Å². The first-order valence-corrected chi connectivity index (χ1v) is 8.65. The van der Waals surface area contributed by atoms with Gasteiger partial charge in [-0.2, -0.15) is 13.2 Å². The molecule has 2 unspecified atom stereocenters. The fourth-order valence-corrected chi connectivity index (χ4v) is 3.79. The van der Waals surface area contributed by atoms with Crippen LogP contribution in [0.3, 0.4) is 0 Å². The number of allylic oxidation sites excluding steroid dienone is 2. The summed E-state index contributed by atoms with van der Waals surface area (Å²) < 4.78 is 52.5. The van der Waals surface area contributed by atoms with Crippen LogP contribution in [-0.4, -0.2) is 25.3 Å². The molecule has 0 fully saturated rings. The maximum Gasteiger partial charge on any atom is 0.433 e. The summed E-state index contributed by atoms with van der Waals surface area (Å²) in [6.45, 7) is 0. The van der Waals surface area contributed by atoms with Gasteiger partial charge in [-0.15, -0.1) is 0 Å². The number of aromatic nitrogens is 3. The first kappa shape index (κ1) is 17.1. The summed E-state index contributed by atoms with van der Waals surface area (Å²) in [5, 5.41) is 3.31. The third-order valence-electron chi connectivity index (χ3n) is 3.72. The van der Waals surface area contributed by atoms with E-state index in [9.17, 15) is 17.7 Å². The van der Waals surface area contributed by atoms with Crippen LogP contribution in [0.15, 0.2) is 35.6 Å². The zero-order valence-electron chi connectivity index (χ0n) is 12.6. The number of hydrogen-bond acceptors (Lipinski definition) is 4. The van der Waals surface area contributed by atoms with Crippen molar-refractivity contribution in [1.29, 1.82) is 0 Å². The minimum Gasteiger partial charge on any atom is -0.614 e. The summed E-state index contributed by atoms with van der Waals surface area (Å²) in [4.78, 5) is 6.47. The molecule has 1 aliphatic heterocycles. The van der Waals surface area contributed by atoms with E-state index in [-0.39, 0.29) is 11.3 Å². The molecule has 2 aromatic rings. The molecule has 0 amide bonds. The number of pyridine rings is 1. The van der Waals surface area contributed by atoms with Gasteiger partial charge in [0.25, 0.3) is 4.87 Å². The van der Waals surface area contributed by atoms with Crippen molar-refractivity contribution >= 4 is 33.8 Å². The summed E-state index contributed by atoms with van der Waals surface area (Å²) in [6, 6.07) is 0.870. The molecule has 5 nitrogen and oxygen atoms in total. The van der Waals surface area contributed by atoms with Crippen LogP contribution in [0.2, 0.25) is 0 Å². The highest BCUT2D eigenvalue weighted by Gasteiger charge is 2.45. The first-order valence-electron chi connectivity index (χ1n) is 6.71. The molecule has 0 saturated carbocycles. The van der Waals surface area contributed by atoms with E-state index in [0.29, 0.717) is 10.5 Å². The standard InChI is InChI=1S/C14H12ClF3N4OS/c1-22-10-7-19-11(14(16,17)18)5-9(10)21-12(22)13(24(2)23)6-8(15)3-4-20-13/h3-7,20H,1-2H3. The van der Waals surface area contributed by atoms with E-state index in [1.165, 1.54) is 18.5 Å². The number of rotatable bonds is 2. The SMILES string of the molecule is Cn1c(C2([S+](C)[O-])C=C(Cl)C=CN2)nc2cc(C(F)(F)F)ncc21. The minimum atomic E-state index is -4.56. The van der Waals surface area contributed by atoms with Gasteiger partial charge in [-0.25, -0.2) is 9.97 Å². The van der Waals surface area contributed by atoms with E-state index in [1.54, 1.807) is 17.7 Å². The van der Waals surface area contributed by atoms with Crippen molar-refractivity contribution in [2.75, 3.05) is 6.26 Å². The lowest BCUT2D eigenvalue weighted by molar-refractivity contribution is -0.141. The van der Waals surface area contributed by atoms with Crippen molar-refractivity contribution in [3.63, 3.8) is 0 Å². The summed E-state index contributed by atoms with van der Waals surface area (Å²) in [7, 11) is 1.62. The lowest BCUT2D eigenvalue weighted by Gasteiger charge is -2.32. The second kappa shape index (κ2) is 5.68. The molecular weight excluding hydrogens is 365 g/mol. The minimum absolute atomic E-state index is 0.112. The Morgan fingerprint density at radius 2 is 2.12 bits per heavy atom. The molecule has 3 rings (SSSR count). The van der Waals surface area contributed by atoms with E-state index < -0.39 is 27.9 Å². The molecule has 0 radical (unpaired) electrons. The molecule has 0 saturated heterocycles. The highest BCUT2D eigenvalue weighted by atomic mass is 35.5. The third kappa shape index (κ3) is 2.66. The summed E-state index contributed by atoms with van der Waals surface area (Å²) in [5.41, 5.74) is -0.527. The van der Waals surface area contributed by atoms with Gasteiger partial charge in [0, 0.05) is 24.4 Å². The molecule has 0 spiro atoms. The van der Waals surface area contributed by atoms with Gasteiger partial charge in [0.05, 0.1) is 23.5 Å². The van der Waals surface area contributed by atoms with Crippen LogP contribution < -0.4 is 5.32 Å². The monoisotopic (exact) mass is 376 g/mol. The maximum absolute atomic E-state index is 12.8. The second-order valence-corrected chi connectivity index (χ2v) is 7.24. The van der Waals surface area contributed by atoms with Crippen LogP contribution in [0.4, 0.5) is 13.2 Å².